The predicted octanol–water partition coefficient (Wildman–Crippen LogP) is 5.74. The van der Waals surface area contributed by atoms with Gasteiger partial charge in [0.25, 0.3) is 0 Å². The summed E-state index contributed by atoms with van der Waals surface area (Å²) in [6.07, 6.45) is 8.91. The van der Waals surface area contributed by atoms with Gasteiger partial charge in [-0.05, 0) is 59.1 Å². The molecule has 0 heterocycles. The molecule has 0 N–H and O–H groups in total. The van der Waals surface area contributed by atoms with Gasteiger partial charge in [0.05, 0.1) is 0 Å². The van der Waals surface area contributed by atoms with Crippen LogP contribution in [-0.2, 0) is 25.7 Å². The standard InChI is InChI=1S/C24H22/c1-2-4-19(5-3-1)13-17-24-18-22-11-10-20-6-8-21(9-7-20)12-15-23(24)16-14-22/h1-9,13-14,16-18H,10-12,15H2/b17-13+. The topological polar surface area (TPSA) is 0 Å². The van der Waals surface area contributed by atoms with Gasteiger partial charge in [-0.15, -0.1) is 0 Å². The lowest BCUT2D eigenvalue weighted by atomic mass is 9.93. The van der Waals surface area contributed by atoms with Crippen LogP contribution in [0.1, 0.15) is 33.4 Å². The highest BCUT2D eigenvalue weighted by atomic mass is 14.1. The fourth-order valence-corrected chi connectivity index (χ4v) is 3.37. The molecule has 0 aliphatic heterocycles. The molecule has 0 fully saturated rings. The molecule has 7 rings (SSSR count). The summed E-state index contributed by atoms with van der Waals surface area (Å²) in [7, 11) is 0. The molecule has 0 saturated heterocycles. The van der Waals surface area contributed by atoms with Crippen molar-refractivity contribution in [3.8, 4) is 0 Å². The monoisotopic (exact) mass is 310 g/mol. The summed E-state index contributed by atoms with van der Waals surface area (Å²) in [6, 6.07) is 26.7. The van der Waals surface area contributed by atoms with E-state index in [9.17, 15) is 0 Å². The van der Waals surface area contributed by atoms with Gasteiger partial charge in [0.1, 0.15) is 0 Å². The molecule has 0 radical (unpaired) electrons. The molecule has 0 unspecified atom stereocenters. The summed E-state index contributed by atoms with van der Waals surface area (Å²) in [6.45, 7) is 0. The van der Waals surface area contributed by atoms with Crippen molar-refractivity contribution < 1.29 is 0 Å². The Morgan fingerprint density at radius 1 is 0.542 bits per heavy atom. The van der Waals surface area contributed by atoms with Crippen LogP contribution >= 0.6 is 0 Å². The highest BCUT2D eigenvalue weighted by Gasteiger charge is 2.06. The molecule has 0 nitrogen and oxygen atoms in total. The van der Waals surface area contributed by atoms with Gasteiger partial charge in [-0.2, -0.15) is 0 Å². The van der Waals surface area contributed by atoms with Crippen LogP contribution in [0, 0.1) is 0 Å². The second kappa shape index (κ2) is 6.88. The lowest BCUT2D eigenvalue weighted by molar-refractivity contribution is 0.919. The number of benzene rings is 3. The number of hydrogen-bond donors (Lipinski definition) is 0. The van der Waals surface area contributed by atoms with Gasteiger partial charge >= 0.3 is 0 Å². The molecule has 4 bridgehead atoms. The van der Waals surface area contributed by atoms with Crippen LogP contribution in [0.5, 0.6) is 0 Å². The third kappa shape index (κ3) is 3.49. The van der Waals surface area contributed by atoms with Gasteiger partial charge in [-0.1, -0.05) is 84.9 Å². The maximum Gasteiger partial charge on any atom is -0.0221 e. The van der Waals surface area contributed by atoms with E-state index in [1.807, 2.05) is 0 Å². The van der Waals surface area contributed by atoms with Crippen LogP contribution in [0.3, 0.4) is 0 Å². The van der Waals surface area contributed by atoms with E-state index in [1.165, 1.54) is 33.4 Å². The van der Waals surface area contributed by atoms with Crippen molar-refractivity contribution in [3.05, 3.63) is 106 Å². The Labute approximate surface area is 144 Å². The van der Waals surface area contributed by atoms with Crippen molar-refractivity contribution in [2.45, 2.75) is 25.7 Å². The van der Waals surface area contributed by atoms with E-state index in [0.29, 0.717) is 0 Å². The van der Waals surface area contributed by atoms with Crippen LogP contribution in [0.25, 0.3) is 12.2 Å². The second-order valence-corrected chi connectivity index (χ2v) is 6.59. The fraction of sp³-hybridized carbons (Fsp3) is 0.167. The molecule has 0 amide bonds. The molecule has 3 aromatic rings. The zero-order chi connectivity index (χ0) is 16.2. The summed E-state index contributed by atoms with van der Waals surface area (Å²) >= 11 is 0. The number of hydrogen-bond acceptors (Lipinski definition) is 0. The van der Waals surface area contributed by atoms with Gasteiger partial charge in [0.15, 0.2) is 0 Å². The summed E-state index contributed by atoms with van der Waals surface area (Å²) < 4.78 is 0. The van der Waals surface area contributed by atoms with Crippen LogP contribution in [0.15, 0.2) is 72.8 Å². The second-order valence-electron chi connectivity index (χ2n) is 6.59. The van der Waals surface area contributed by atoms with Gasteiger partial charge < -0.3 is 0 Å². The first-order valence-corrected chi connectivity index (χ1v) is 8.79. The predicted molar refractivity (Wildman–Crippen MR) is 103 cm³/mol. The molecule has 0 spiro atoms. The van der Waals surface area contributed by atoms with E-state index in [-0.39, 0.29) is 0 Å². The summed E-state index contributed by atoms with van der Waals surface area (Å²) in [5.41, 5.74) is 8.36. The lowest BCUT2D eigenvalue weighted by Crippen LogP contribution is -2.00. The Hall–Kier alpha value is -2.60. The molecule has 4 aliphatic rings. The first-order chi connectivity index (χ1) is 11.9. The zero-order valence-electron chi connectivity index (χ0n) is 13.9. The van der Waals surface area contributed by atoms with Crippen LogP contribution in [0.4, 0.5) is 0 Å². The minimum Gasteiger partial charge on any atom is -0.0622 e. The van der Waals surface area contributed by atoms with Crippen molar-refractivity contribution in [2.75, 3.05) is 0 Å². The third-order valence-electron chi connectivity index (χ3n) is 4.87. The molecule has 3 aromatic carbocycles. The first kappa shape index (κ1) is 15.0. The van der Waals surface area contributed by atoms with Gasteiger partial charge in [0, 0.05) is 0 Å². The van der Waals surface area contributed by atoms with Crippen molar-refractivity contribution in [1.29, 1.82) is 0 Å². The van der Waals surface area contributed by atoms with Crippen molar-refractivity contribution in [3.63, 3.8) is 0 Å². The van der Waals surface area contributed by atoms with Gasteiger partial charge in [-0.25, -0.2) is 0 Å². The minimum absolute atomic E-state index is 1.09. The average Bonchev–Trinajstić information content (AvgIpc) is 2.63. The van der Waals surface area contributed by atoms with Crippen molar-refractivity contribution in [2.24, 2.45) is 0 Å². The molecule has 0 atom stereocenters. The van der Waals surface area contributed by atoms with Crippen LogP contribution in [0.2, 0.25) is 0 Å². The summed E-state index contributed by atoms with van der Waals surface area (Å²) in [5, 5.41) is 0. The Bertz CT molecular complexity index is 839. The molecule has 0 aromatic heterocycles. The Morgan fingerprint density at radius 3 is 1.92 bits per heavy atom. The Kier molecular flexibility index (Phi) is 4.29. The minimum atomic E-state index is 1.09. The van der Waals surface area contributed by atoms with E-state index in [0.717, 1.165) is 25.7 Å². The summed E-state index contributed by atoms with van der Waals surface area (Å²) in [4.78, 5) is 0. The van der Waals surface area contributed by atoms with E-state index < -0.39 is 0 Å². The largest absolute Gasteiger partial charge is 0.0622 e. The SMILES string of the molecule is C(=C\c1cc2ccc1CCc1ccc(cc1)CC2)/c1ccccc1. The van der Waals surface area contributed by atoms with Crippen LogP contribution < -0.4 is 0 Å². The molecule has 0 heteroatoms. The number of aryl methyl sites for hydroxylation is 4. The van der Waals surface area contributed by atoms with E-state index in [2.05, 4.69) is 84.9 Å². The molecule has 0 saturated carbocycles. The van der Waals surface area contributed by atoms with E-state index in [1.54, 1.807) is 0 Å². The number of rotatable bonds is 2. The molecule has 24 heavy (non-hydrogen) atoms. The highest BCUT2D eigenvalue weighted by molar-refractivity contribution is 5.71. The molecular formula is C24H22. The normalized spacial score (nSPS) is 13.8. The molecule has 4 aliphatic carbocycles. The van der Waals surface area contributed by atoms with Crippen molar-refractivity contribution in [1.82, 2.24) is 0 Å². The summed E-state index contributed by atoms with van der Waals surface area (Å²) in [5.74, 6) is 0. The quantitative estimate of drug-likeness (QED) is 0.529. The van der Waals surface area contributed by atoms with Gasteiger partial charge in [0.2, 0.25) is 0 Å². The maximum absolute atomic E-state index is 2.38. The molecule has 118 valence electrons. The first-order valence-electron chi connectivity index (χ1n) is 8.79. The lowest BCUT2D eigenvalue weighted by Gasteiger charge is -2.12. The molecular weight excluding hydrogens is 288 g/mol. The third-order valence-corrected chi connectivity index (χ3v) is 4.87. The zero-order valence-corrected chi connectivity index (χ0v) is 13.9. The fourth-order valence-electron chi connectivity index (χ4n) is 3.37. The van der Waals surface area contributed by atoms with E-state index >= 15 is 0 Å². The maximum atomic E-state index is 2.38. The highest BCUT2D eigenvalue weighted by Crippen LogP contribution is 2.21. The van der Waals surface area contributed by atoms with Crippen molar-refractivity contribution >= 4 is 12.2 Å². The Balaban J connectivity index is 1.67. The average molecular weight is 310 g/mol. The smallest absolute Gasteiger partial charge is 0.0221 e. The Morgan fingerprint density at radius 2 is 1.17 bits per heavy atom. The van der Waals surface area contributed by atoms with E-state index in [4.69, 9.17) is 0 Å². The van der Waals surface area contributed by atoms with Crippen LogP contribution in [-0.4, -0.2) is 0 Å². The van der Waals surface area contributed by atoms with Gasteiger partial charge in [-0.3, -0.25) is 0 Å².